The fourth-order valence-corrected chi connectivity index (χ4v) is 2.36. The molecule has 1 N–H and O–H groups in total. The van der Waals surface area contributed by atoms with Gasteiger partial charge in [-0.05, 0) is 42.8 Å². The first-order chi connectivity index (χ1) is 9.58. The lowest BCUT2D eigenvalue weighted by molar-refractivity contribution is 0.472. The normalized spacial score (nSPS) is 10.6. The average molecular weight is 338 g/mol. The number of nitrogens with one attached hydrogen (secondary N) is 1. The molecule has 0 amide bonds. The Morgan fingerprint density at radius 3 is 2.65 bits per heavy atom. The molecule has 0 atom stereocenters. The molecule has 0 aromatic heterocycles. The Morgan fingerprint density at radius 1 is 1.20 bits per heavy atom. The van der Waals surface area contributed by atoms with Crippen LogP contribution in [0.15, 0.2) is 40.9 Å². The standard InChI is InChI=1S/C16H17BrFNO/c1-3-19-10-12-4-5-16(11(2)6-12)20-15-8-13(17)7-14(18)9-15/h4-9,19H,3,10H2,1-2H3. The Labute approximate surface area is 127 Å². The molecular weight excluding hydrogens is 321 g/mol. The first-order valence-corrected chi connectivity index (χ1v) is 7.32. The van der Waals surface area contributed by atoms with Gasteiger partial charge in [0.25, 0.3) is 0 Å². The fourth-order valence-electron chi connectivity index (χ4n) is 1.92. The van der Waals surface area contributed by atoms with Crippen molar-refractivity contribution in [1.29, 1.82) is 0 Å². The molecule has 0 radical (unpaired) electrons. The predicted molar refractivity (Wildman–Crippen MR) is 82.7 cm³/mol. The lowest BCUT2D eigenvalue weighted by Crippen LogP contribution is -2.11. The van der Waals surface area contributed by atoms with Gasteiger partial charge < -0.3 is 10.1 Å². The Morgan fingerprint density at radius 2 is 2.00 bits per heavy atom. The second kappa shape index (κ2) is 6.86. The molecule has 4 heteroatoms. The third-order valence-corrected chi connectivity index (χ3v) is 3.34. The zero-order valence-electron chi connectivity index (χ0n) is 11.5. The van der Waals surface area contributed by atoms with Gasteiger partial charge in [-0.25, -0.2) is 4.39 Å². The smallest absolute Gasteiger partial charge is 0.131 e. The maximum absolute atomic E-state index is 13.3. The van der Waals surface area contributed by atoms with Crippen LogP contribution in [0.1, 0.15) is 18.1 Å². The monoisotopic (exact) mass is 337 g/mol. The van der Waals surface area contributed by atoms with Crippen molar-refractivity contribution < 1.29 is 9.13 Å². The largest absolute Gasteiger partial charge is 0.457 e. The summed E-state index contributed by atoms with van der Waals surface area (Å²) >= 11 is 3.26. The van der Waals surface area contributed by atoms with Gasteiger partial charge >= 0.3 is 0 Å². The van der Waals surface area contributed by atoms with E-state index in [1.54, 1.807) is 6.07 Å². The second-order valence-electron chi connectivity index (χ2n) is 4.59. The summed E-state index contributed by atoms with van der Waals surface area (Å²) in [5.41, 5.74) is 2.23. The van der Waals surface area contributed by atoms with Crippen molar-refractivity contribution >= 4 is 15.9 Å². The highest BCUT2D eigenvalue weighted by Crippen LogP contribution is 2.28. The van der Waals surface area contributed by atoms with Crippen LogP contribution in [0.3, 0.4) is 0 Å². The van der Waals surface area contributed by atoms with Crippen molar-refractivity contribution in [2.45, 2.75) is 20.4 Å². The van der Waals surface area contributed by atoms with E-state index in [9.17, 15) is 4.39 Å². The maximum atomic E-state index is 13.3. The highest BCUT2D eigenvalue weighted by Gasteiger charge is 2.05. The van der Waals surface area contributed by atoms with Gasteiger partial charge in [-0.1, -0.05) is 35.0 Å². The number of halogens is 2. The topological polar surface area (TPSA) is 21.3 Å². The fraction of sp³-hybridized carbons (Fsp3) is 0.250. The van der Waals surface area contributed by atoms with E-state index in [4.69, 9.17) is 4.74 Å². The zero-order chi connectivity index (χ0) is 14.5. The van der Waals surface area contributed by atoms with Crippen LogP contribution in [0.4, 0.5) is 4.39 Å². The van der Waals surface area contributed by atoms with Gasteiger partial charge in [0, 0.05) is 17.1 Å². The molecule has 0 aliphatic carbocycles. The van der Waals surface area contributed by atoms with Gasteiger partial charge in [0.05, 0.1) is 0 Å². The van der Waals surface area contributed by atoms with Crippen LogP contribution in [-0.2, 0) is 6.54 Å². The molecule has 2 nitrogen and oxygen atoms in total. The van der Waals surface area contributed by atoms with Crippen molar-refractivity contribution in [2.75, 3.05) is 6.54 Å². The minimum atomic E-state index is -0.323. The van der Waals surface area contributed by atoms with Crippen molar-refractivity contribution in [3.63, 3.8) is 0 Å². The van der Waals surface area contributed by atoms with Crippen LogP contribution in [0.5, 0.6) is 11.5 Å². The molecule has 0 bridgehead atoms. The average Bonchev–Trinajstić information content (AvgIpc) is 2.38. The van der Waals surface area contributed by atoms with E-state index in [1.807, 2.05) is 19.1 Å². The van der Waals surface area contributed by atoms with Crippen LogP contribution in [0.25, 0.3) is 0 Å². The molecule has 2 aromatic rings. The first kappa shape index (κ1) is 15.0. The van der Waals surface area contributed by atoms with Crippen molar-refractivity contribution in [2.24, 2.45) is 0 Å². The van der Waals surface area contributed by atoms with Gasteiger partial charge in [-0.2, -0.15) is 0 Å². The summed E-state index contributed by atoms with van der Waals surface area (Å²) in [6.45, 7) is 5.84. The highest BCUT2D eigenvalue weighted by molar-refractivity contribution is 9.10. The minimum absolute atomic E-state index is 0.323. The summed E-state index contributed by atoms with van der Waals surface area (Å²) in [7, 11) is 0. The van der Waals surface area contributed by atoms with Crippen LogP contribution >= 0.6 is 15.9 Å². The third kappa shape index (κ3) is 4.05. The summed E-state index contributed by atoms with van der Waals surface area (Å²) in [6, 6.07) is 10.5. The molecule has 106 valence electrons. The molecule has 0 aliphatic heterocycles. The van der Waals surface area contributed by atoms with E-state index in [2.05, 4.69) is 34.2 Å². The molecule has 0 heterocycles. The Kier molecular flexibility index (Phi) is 5.15. The number of benzene rings is 2. The number of ether oxygens (including phenoxy) is 1. The zero-order valence-corrected chi connectivity index (χ0v) is 13.1. The van der Waals surface area contributed by atoms with Gasteiger partial charge in [-0.3, -0.25) is 0 Å². The number of hydrogen-bond donors (Lipinski definition) is 1. The molecular formula is C16H17BrFNO. The Hall–Kier alpha value is -1.39. The minimum Gasteiger partial charge on any atom is -0.457 e. The summed E-state index contributed by atoms with van der Waals surface area (Å²) in [4.78, 5) is 0. The predicted octanol–water partition coefficient (Wildman–Crippen LogP) is 4.80. The highest BCUT2D eigenvalue weighted by atomic mass is 79.9. The van der Waals surface area contributed by atoms with E-state index in [1.165, 1.54) is 17.7 Å². The van der Waals surface area contributed by atoms with Crippen LogP contribution in [0, 0.1) is 12.7 Å². The first-order valence-electron chi connectivity index (χ1n) is 6.52. The summed E-state index contributed by atoms with van der Waals surface area (Å²) in [6.07, 6.45) is 0. The van der Waals surface area contributed by atoms with E-state index in [0.29, 0.717) is 10.2 Å². The van der Waals surface area contributed by atoms with E-state index in [0.717, 1.165) is 24.4 Å². The SMILES string of the molecule is CCNCc1ccc(Oc2cc(F)cc(Br)c2)c(C)c1. The second-order valence-corrected chi connectivity index (χ2v) is 5.50. The molecule has 0 fully saturated rings. The van der Waals surface area contributed by atoms with Gasteiger partial charge in [-0.15, -0.1) is 0 Å². The van der Waals surface area contributed by atoms with Crippen molar-refractivity contribution in [1.82, 2.24) is 5.32 Å². The molecule has 0 saturated carbocycles. The summed E-state index contributed by atoms with van der Waals surface area (Å²) in [5, 5.41) is 3.28. The van der Waals surface area contributed by atoms with Crippen LogP contribution in [0.2, 0.25) is 0 Å². The van der Waals surface area contributed by atoms with Crippen molar-refractivity contribution in [3.05, 3.63) is 57.8 Å². The van der Waals surface area contributed by atoms with Gasteiger partial charge in [0.15, 0.2) is 0 Å². The van der Waals surface area contributed by atoms with Crippen molar-refractivity contribution in [3.8, 4) is 11.5 Å². The van der Waals surface area contributed by atoms with Crippen LogP contribution in [-0.4, -0.2) is 6.54 Å². The lowest BCUT2D eigenvalue weighted by atomic mass is 10.1. The molecule has 0 saturated heterocycles. The number of aryl methyl sites for hydroxylation is 1. The van der Waals surface area contributed by atoms with Gasteiger partial charge in [0.2, 0.25) is 0 Å². The summed E-state index contributed by atoms with van der Waals surface area (Å²) < 4.78 is 19.7. The van der Waals surface area contributed by atoms with E-state index in [-0.39, 0.29) is 5.82 Å². The molecule has 0 spiro atoms. The Balaban J connectivity index is 2.16. The molecule has 2 aromatic carbocycles. The third-order valence-electron chi connectivity index (χ3n) is 2.88. The van der Waals surface area contributed by atoms with Crippen LogP contribution < -0.4 is 10.1 Å². The van der Waals surface area contributed by atoms with Gasteiger partial charge in [0.1, 0.15) is 17.3 Å². The molecule has 0 unspecified atom stereocenters. The summed E-state index contributed by atoms with van der Waals surface area (Å²) in [5.74, 6) is 0.901. The van der Waals surface area contributed by atoms with E-state index >= 15 is 0 Å². The van der Waals surface area contributed by atoms with E-state index < -0.39 is 0 Å². The molecule has 2 rings (SSSR count). The quantitative estimate of drug-likeness (QED) is 0.846. The number of hydrogen-bond acceptors (Lipinski definition) is 2. The number of rotatable bonds is 5. The lowest BCUT2D eigenvalue weighted by Gasteiger charge is -2.11. The Bertz CT molecular complexity index is 581. The molecule has 20 heavy (non-hydrogen) atoms. The maximum Gasteiger partial charge on any atom is 0.131 e. The molecule has 0 aliphatic rings.